The third-order valence-corrected chi connectivity index (χ3v) is 8.76. The first-order valence-electron chi connectivity index (χ1n) is 13.2. The molecule has 0 amide bonds. The van der Waals surface area contributed by atoms with Crippen LogP contribution in [-0.2, 0) is 11.3 Å². The third kappa shape index (κ3) is 10.5. The first kappa shape index (κ1) is 28.6. The van der Waals surface area contributed by atoms with E-state index < -0.39 is 0 Å². The van der Waals surface area contributed by atoms with E-state index in [0.717, 1.165) is 35.5 Å². The van der Waals surface area contributed by atoms with Crippen molar-refractivity contribution >= 4 is 59.9 Å². The molecule has 4 rings (SSSR count). The van der Waals surface area contributed by atoms with Gasteiger partial charge in [0.1, 0.15) is 0 Å². The van der Waals surface area contributed by atoms with Crippen molar-refractivity contribution in [2.75, 3.05) is 0 Å². The maximum absolute atomic E-state index is 2.46. The van der Waals surface area contributed by atoms with Gasteiger partial charge in [0.25, 0.3) is 0 Å². The Morgan fingerprint density at radius 1 is 0.625 bits per heavy atom. The topological polar surface area (TPSA) is 0 Å². The van der Waals surface area contributed by atoms with Crippen LogP contribution in [0.4, 0.5) is 0 Å². The zero-order valence-corrected chi connectivity index (χ0v) is 28.1. The Hall–Kier alpha value is 1.99. The summed E-state index contributed by atoms with van der Waals surface area (Å²) >= 11 is 7.39. The first-order chi connectivity index (χ1) is 15.4. The molecule has 32 heavy (non-hydrogen) atoms. The zero-order chi connectivity index (χ0) is 22.9. The predicted octanol–water partition coefficient (Wildman–Crippen LogP) is 11.2. The fourth-order valence-corrected chi connectivity index (χ4v) is 6.56. The molecule has 0 atom stereocenters. The Morgan fingerprint density at radius 2 is 1.03 bits per heavy atom. The number of halogens is 3. The second-order valence-corrected chi connectivity index (χ2v) is 46.7. The molecule has 1 aromatic carbocycles. The second-order valence-electron chi connectivity index (χ2n) is 11.3. The monoisotopic (exact) mass is 812 g/mol. The quantitative estimate of drug-likeness (QED) is 0.260. The summed E-state index contributed by atoms with van der Waals surface area (Å²) in [4.78, 5) is -0.278. The van der Waals surface area contributed by atoms with Crippen molar-refractivity contribution in [3.8, 4) is 0 Å². The number of rotatable bonds is 5. The van der Waals surface area contributed by atoms with Crippen molar-refractivity contribution in [3.05, 3.63) is 35.4 Å². The van der Waals surface area contributed by atoms with E-state index in [1.807, 2.05) is 0 Å². The van der Waals surface area contributed by atoms with Gasteiger partial charge >= 0.3 is 64.9 Å². The van der Waals surface area contributed by atoms with Crippen molar-refractivity contribution in [2.45, 2.75) is 110 Å². The molecule has 0 spiro atoms. The van der Waals surface area contributed by atoms with E-state index in [2.05, 4.69) is 98.0 Å². The minimum atomic E-state index is -0.278. The van der Waals surface area contributed by atoms with Crippen LogP contribution in [0.15, 0.2) is 24.3 Å². The summed E-state index contributed by atoms with van der Waals surface area (Å²) < 4.78 is 0. The standard InChI is InChI=1S/C28H44.3HI.V/c1-21-3-7-23(8-4-21)19-24-9-11-25(12-10-24)20-26-13-17-28(18-14-26)27-15-5-22(2)6-16-27;;;;/h13-14,17-18,21-25,27H,3-12,15-16,19-20H2,1-2H3;3*1H;/q;;;;+3/p-3. The molecule has 4 heteroatoms. The van der Waals surface area contributed by atoms with Crippen molar-refractivity contribution in [3.63, 3.8) is 0 Å². The first-order valence-corrected chi connectivity index (χ1v) is 26.8. The third-order valence-electron chi connectivity index (χ3n) is 8.76. The minimum absolute atomic E-state index is 0.278. The molecule has 0 bridgehead atoms. The van der Waals surface area contributed by atoms with Crippen LogP contribution >= 0.6 is 59.9 Å². The maximum atomic E-state index is 2.46. The van der Waals surface area contributed by atoms with Crippen LogP contribution in [0, 0.1) is 29.6 Å². The molecule has 0 nitrogen and oxygen atoms in total. The Labute approximate surface area is 236 Å². The Morgan fingerprint density at radius 3 is 1.53 bits per heavy atom. The van der Waals surface area contributed by atoms with Crippen LogP contribution in [0.1, 0.15) is 114 Å². The normalized spacial score (nSPS) is 33.4. The number of benzene rings is 1. The molecular formula is C28H44I3V. The van der Waals surface area contributed by atoms with Crippen molar-refractivity contribution in [2.24, 2.45) is 29.6 Å². The molecule has 0 heterocycles. The Balaban J connectivity index is 0.000000668. The summed E-state index contributed by atoms with van der Waals surface area (Å²) in [6.07, 6.45) is 20.6. The van der Waals surface area contributed by atoms with E-state index in [-0.39, 0.29) is 4.92 Å². The van der Waals surface area contributed by atoms with Gasteiger partial charge in [-0.3, -0.25) is 0 Å². The summed E-state index contributed by atoms with van der Waals surface area (Å²) in [5, 5.41) is 0. The van der Waals surface area contributed by atoms with Crippen LogP contribution in [-0.4, -0.2) is 0 Å². The van der Waals surface area contributed by atoms with Crippen LogP contribution < -0.4 is 0 Å². The van der Waals surface area contributed by atoms with Crippen LogP contribution in [0.2, 0.25) is 0 Å². The molecular weight excluding hydrogens is 768 g/mol. The average molecular weight is 812 g/mol. The molecule has 0 N–H and O–H groups in total. The molecule has 1 aromatic rings. The molecule has 3 saturated carbocycles. The Kier molecular flexibility index (Phi) is 13.7. The molecule has 0 unspecified atom stereocenters. The molecule has 3 aliphatic rings. The average Bonchev–Trinajstić information content (AvgIpc) is 2.77. The van der Waals surface area contributed by atoms with E-state index in [0.29, 0.717) is 0 Å². The van der Waals surface area contributed by atoms with Gasteiger partial charge < -0.3 is 0 Å². The molecule has 3 fully saturated rings. The predicted molar refractivity (Wildman–Crippen MR) is 164 cm³/mol. The van der Waals surface area contributed by atoms with E-state index in [4.69, 9.17) is 0 Å². The van der Waals surface area contributed by atoms with Gasteiger partial charge in [-0.05, 0) is 85.2 Å². The van der Waals surface area contributed by atoms with E-state index >= 15 is 0 Å². The summed E-state index contributed by atoms with van der Waals surface area (Å²) in [6.45, 7) is 4.87. The van der Waals surface area contributed by atoms with Gasteiger partial charge in [-0.2, -0.15) is 0 Å². The fraction of sp³-hybridized carbons (Fsp3) is 0.786. The summed E-state index contributed by atoms with van der Waals surface area (Å²) in [7, 11) is 0. The zero-order valence-electron chi connectivity index (χ0n) is 20.3. The van der Waals surface area contributed by atoms with Gasteiger partial charge in [0, 0.05) is 0 Å². The van der Waals surface area contributed by atoms with Crippen LogP contribution in [0.5, 0.6) is 0 Å². The molecule has 0 aromatic heterocycles. The molecule has 182 valence electrons. The van der Waals surface area contributed by atoms with E-state index in [1.54, 1.807) is 17.5 Å². The van der Waals surface area contributed by atoms with Gasteiger partial charge in [0.15, 0.2) is 0 Å². The van der Waals surface area contributed by atoms with Gasteiger partial charge in [-0.25, -0.2) is 0 Å². The SMILES string of the molecule is CC1CCC(CC2CCC(Cc3ccc(C4CCC(C)CC4)cc3)CC2)CC1.[I][V]([I])[I]. The van der Waals surface area contributed by atoms with Gasteiger partial charge in [-0.1, -0.05) is 89.5 Å². The van der Waals surface area contributed by atoms with Crippen molar-refractivity contribution in [1.82, 2.24) is 0 Å². The van der Waals surface area contributed by atoms with E-state index in [1.165, 1.54) is 83.5 Å². The van der Waals surface area contributed by atoms with E-state index in [9.17, 15) is 0 Å². The second kappa shape index (κ2) is 15.3. The number of hydrogen-bond donors (Lipinski definition) is 0. The molecule has 0 radical (unpaired) electrons. The summed E-state index contributed by atoms with van der Waals surface area (Å²) in [6, 6.07) is 9.85. The van der Waals surface area contributed by atoms with Crippen molar-refractivity contribution in [1.29, 1.82) is 0 Å². The van der Waals surface area contributed by atoms with Crippen molar-refractivity contribution < 1.29 is 4.92 Å². The van der Waals surface area contributed by atoms with Gasteiger partial charge in [-0.15, -0.1) is 0 Å². The Bertz CT molecular complexity index is 620. The van der Waals surface area contributed by atoms with Crippen LogP contribution in [0.25, 0.3) is 0 Å². The molecule has 3 aliphatic carbocycles. The summed E-state index contributed by atoms with van der Waals surface area (Å²) in [5.74, 6) is 5.85. The molecule has 0 aliphatic heterocycles. The number of hydrogen-bond acceptors (Lipinski definition) is 0. The van der Waals surface area contributed by atoms with Gasteiger partial charge in [0.2, 0.25) is 0 Å². The van der Waals surface area contributed by atoms with Crippen LogP contribution in [0.3, 0.4) is 0 Å². The fourth-order valence-electron chi connectivity index (χ4n) is 6.56. The summed E-state index contributed by atoms with van der Waals surface area (Å²) in [5.41, 5.74) is 3.21. The molecule has 0 saturated heterocycles. The van der Waals surface area contributed by atoms with Gasteiger partial charge in [0.05, 0.1) is 0 Å².